The number of esters is 2. The molecule has 1 unspecified atom stereocenters. The predicted octanol–water partition coefficient (Wildman–Crippen LogP) is 5.29. The Hall–Kier alpha value is -5.66. The van der Waals surface area contributed by atoms with Gasteiger partial charge in [-0.25, -0.2) is 9.59 Å². The first-order valence-electron chi connectivity index (χ1n) is 17.5. The van der Waals surface area contributed by atoms with Gasteiger partial charge in [0.25, 0.3) is 5.56 Å². The van der Waals surface area contributed by atoms with Crippen molar-refractivity contribution in [3.8, 4) is 0 Å². The number of nitrogens with one attached hydrogen (secondary N) is 1. The van der Waals surface area contributed by atoms with Crippen LogP contribution >= 0.6 is 0 Å². The number of benzene rings is 4. The minimum Gasteiger partial charge on any atom is -0.459 e. The van der Waals surface area contributed by atoms with Gasteiger partial charge in [-0.3, -0.25) is 19.1 Å². The topological polar surface area (TPSA) is 144 Å². The second kappa shape index (κ2) is 17.4. The molecule has 12 heteroatoms. The van der Waals surface area contributed by atoms with Crippen LogP contribution in [-0.2, 0) is 53.0 Å². The number of aromatic amines is 1. The molecule has 0 bridgehead atoms. The van der Waals surface area contributed by atoms with Crippen molar-refractivity contribution in [1.82, 2.24) is 9.55 Å². The van der Waals surface area contributed by atoms with Crippen LogP contribution in [0.3, 0.4) is 0 Å². The number of aryl methyl sites for hydroxylation is 1. The van der Waals surface area contributed by atoms with E-state index in [1.165, 1.54) is 20.0 Å². The van der Waals surface area contributed by atoms with E-state index in [4.69, 9.17) is 28.4 Å². The monoisotopic (exact) mass is 734 g/mol. The van der Waals surface area contributed by atoms with Crippen molar-refractivity contribution >= 4 is 11.9 Å². The highest BCUT2D eigenvalue weighted by molar-refractivity contribution is 5.89. The fraction of sp³-hybridized carbons (Fsp3) is 0.286. The van der Waals surface area contributed by atoms with Gasteiger partial charge in [0, 0.05) is 18.7 Å². The van der Waals surface area contributed by atoms with Crippen LogP contribution in [0.25, 0.3) is 0 Å². The molecule has 5 aromatic rings. The van der Waals surface area contributed by atoms with Gasteiger partial charge in [-0.15, -0.1) is 0 Å². The largest absolute Gasteiger partial charge is 0.459 e. The Labute approximate surface area is 312 Å². The molecule has 4 atom stereocenters. The molecule has 1 saturated heterocycles. The summed E-state index contributed by atoms with van der Waals surface area (Å²) in [5.74, 6) is -1.37. The first-order chi connectivity index (χ1) is 26.2. The zero-order chi connectivity index (χ0) is 38.0. The Bertz CT molecular complexity index is 2110. The fourth-order valence-corrected chi connectivity index (χ4v) is 6.44. The molecule has 0 radical (unpaired) electrons. The number of rotatable bonds is 16. The summed E-state index contributed by atoms with van der Waals surface area (Å²) in [7, 11) is 0. The maximum atomic E-state index is 13.6. The molecule has 1 fully saturated rings. The van der Waals surface area contributed by atoms with Gasteiger partial charge >= 0.3 is 17.6 Å². The summed E-state index contributed by atoms with van der Waals surface area (Å²) in [6.45, 7) is 1.93. The Morgan fingerprint density at radius 1 is 0.722 bits per heavy atom. The van der Waals surface area contributed by atoms with E-state index in [2.05, 4.69) is 4.98 Å². The van der Waals surface area contributed by atoms with Gasteiger partial charge < -0.3 is 28.4 Å². The third kappa shape index (κ3) is 8.75. The maximum Gasteiger partial charge on any atom is 0.338 e. The molecule has 2 heterocycles. The van der Waals surface area contributed by atoms with E-state index in [1.807, 2.05) is 91.0 Å². The smallest absolute Gasteiger partial charge is 0.338 e. The molecule has 1 N–H and O–H groups in total. The van der Waals surface area contributed by atoms with Crippen LogP contribution in [0.2, 0.25) is 0 Å². The van der Waals surface area contributed by atoms with E-state index in [1.54, 1.807) is 30.3 Å². The van der Waals surface area contributed by atoms with E-state index in [0.717, 1.165) is 21.3 Å². The lowest BCUT2D eigenvalue weighted by molar-refractivity contribution is -0.242. The Balaban J connectivity index is 1.52. The normalized spacial score (nSPS) is 20.7. The summed E-state index contributed by atoms with van der Waals surface area (Å²) in [5, 5.41) is 0. The Morgan fingerprint density at radius 2 is 1.24 bits per heavy atom. The van der Waals surface area contributed by atoms with E-state index < -0.39 is 53.3 Å². The number of ether oxygens (including phenoxy) is 6. The molecule has 0 spiro atoms. The van der Waals surface area contributed by atoms with Crippen LogP contribution in [0.5, 0.6) is 0 Å². The number of carbonyl (C=O) groups is 2. The van der Waals surface area contributed by atoms with Crippen LogP contribution in [-0.4, -0.2) is 58.6 Å². The molecule has 54 heavy (non-hydrogen) atoms. The van der Waals surface area contributed by atoms with Crippen LogP contribution < -0.4 is 11.2 Å². The minimum absolute atomic E-state index is 0.0317. The molecule has 0 saturated carbocycles. The second-order valence-corrected chi connectivity index (χ2v) is 13.1. The number of H-pyrrole nitrogens is 1. The van der Waals surface area contributed by atoms with Gasteiger partial charge in [-0.1, -0.05) is 109 Å². The highest BCUT2D eigenvalue weighted by Gasteiger charge is 2.70. The van der Waals surface area contributed by atoms with E-state index in [-0.39, 0.29) is 44.2 Å². The van der Waals surface area contributed by atoms with Crippen LogP contribution in [0, 0.1) is 6.92 Å². The lowest BCUT2D eigenvalue weighted by Crippen LogP contribution is -2.66. The lowest BCUT2D eigenvalue weighted by atomic mass is 9.81. The molecule has 0 amide bonds. The summed E-state index contributed by atoms with van der Waals surface area (Å²) in [6.07, 6.45) is -1.50. The SMILES string of the molecule is CC(=O)O[C@H]1C(n2cc(C)c(=O)[nH]c2=O)O[C@@](COCc2ccccc2)(COC(=O)c2ccccc2)[C@@]1(COCc1ccccc1)OCc1ccccc1. The fourth-order valence-electron chi connectivity index (χ4n) is 6.44. The predicted molar refractivity (Wildman–Crippen MR) is 197 cm³/mol. The molecular weight excluding hydrogens is 692 g/mol. The lowest BCUT2D eigenvalue weighted by Gasteiger charge is -2.44. The summed E-state index contributed by atoms with van der Waals surface area (Å²) >= 11 is 0. The summed E-state index contributed by atoms with van der Waals surface area (Å²) in [5.41, 5.74) is -2.08. The number of carbonyl (C=O) groups excluding carboxylic acids is 2. The highest BCUT2D eigenvalue weighted by atomic mass is 16.7. The first kappa shape index (κ1) is 38.1. The van der Waals surface area contributed by atoms with Crippen molar-refractivity contribution in [1.29, 1.82) is 0 Å². The van der Waals surface area contributed by atoms with Crippen molar-refractivity contribution in [3.05, 3.63) is 176 Å². The van der Waals surface area contributed by atoms with Gasteiger partial charge in [0.05, 0.1) is 38.6 Å². The van der Waals surface area contributed by atoms with Gasteiger partial charge in [0.2, 0.25) is 0 Å². The van der Waals surface area contributed by atoms with E-state index >= 15 is 0 Å². The summed E-state index contributed by atoms with van der Waals surface area (Å²) in [4.78, 5) is 55.1. The van der Waals surface area contributed by atoms with Crippen molar-refractivity contribution < 1.29 is 38.0 Å². The zero-order valence-corrected chi connectivity index (χ0v) is 30.1. The number of hydrogen-bond acceptors (Lipinski definition) is 10. The minimum atomic E-state index is -1.81. The first-order valence-corrected chi connectivity index (χ1v) is 17.5. The molecule has 6 rings (SSSR count). The molecule has 280 valence electrons. The maximum absolute atomic E-state index is 13.6. The van der Waals surface area contributed by atoms with Gasteiger partial charge in [-0.05, 0) is 35.7 Å². The average Bonchev–Trinajstić information content (AvgIpc) is 3.43. The van der Waals surface area contributed by atoms with Gasteiger partial charge in [0.15, 0.2) is 23.5 Å². The molecule has 1 aliphatic rings. The van der Waals surface area contributed by atoms with Gasteiger partial charge in [-0.2, -0.15) is 0 Å². The third-order valence-corrected chi connectivity index (χ3v) is 9.21. The Kier molecular flexibility index (Phi) is 12.3. The molecule has 0 aliphatic carbocycles. The number of nitrogens with zero attached hydrogens (tertiary/aromatic N) is 1. The molecular formula is C42H42N2O10. The van der Waals surface area contributed by atoms with Crippen LogP contribution in [0.15, 0.2) is 137 Å². The average molecular weight is 735 g/mol. The number of aromatic nitrogens is 2. The quantitative estimate of drug-likeness (QED) is 0.133. The van der Waals surface area contributed by atoms with E-state index in [9.17, 15) is 19.2 Å². The van der Waals surface area contributed by atoms with Crippen LogP contribution in [0.1, 0.15) is 45.8 Å². The molecule has 1 aromatic heterocycles. The Morgan fingerprint density at radius 3 is 1.80 bits per heavy atom. The molecule has 1 aliphatic heterocycles. The van der Waals surface area contributed by atoms with E-state index in [0.29, 0.717) is 0 Å². The van der Waals surface area contributed by atoms with Gasteiger partial charge in [0.1, 0.15) is 6.61 Å². The van der Waals surface area contributed by atoms with Crippen molar-refractivity contribution in [3.63, 3.8) is 0 Å². The highest BCUT2D eigenvalue weighted by Crippen LogP contribution is 2.50. The van der Waals surface area contributed by atoms with Crippen molar-refractivity contribution in [2.45, 2.75) is 57.2 Å². The third-order valence-electron chi connectivity index (χ3n) is 9.21. The summed E-state index contributed by atoms with van der Waals surface area (Å²) in [6, 6.07) is 36.6. The second-order valence-electron chi connectivity index (χ2n) is 13.1. The number of hydrogen-bond donors (Lipinski definition) is 1. The standard InChI is InChI=1S/C42H42N2O10/c1-30-23-44(40(48)43-37(30)46)38-36(53-31(2)45)42(52-26-34-19-11-5-12-20-34,29-50-25-33-17-9-4-10-18-33)41(54-38,27-49-24-32-15-7-3-8-16-32)28-51-39(47)35-21-13-6-14-22-35/h3-23,36,38H,24-29H2,1-2H3,(H,43,46,48)/t36-,38?,41-,42-/m0/s1. The van der Waals surface area contributed by atoms with Crippen LogP contribution in [0.4, 0.5) is 0 Å². The molecule has 4 aromatic carbocycles. The van der Waals surface area contributed by atoms with Crippen molar-refractivity contribution in [2.24, 2.45) is 0 Å². The molecule has 12 nitrogen and oxygen atoms in total. The summed E-state index contributed by atoms with van der Waals surface area (Å²) < 4.78 is 40.0. The van der Waals surface area contributed by atoms with Crippen molar-refractivity contribution in [2.75, 3.05) is 19.8 Å². The zero-order valence-electron chi connectivity index (χ0n) is 30.1.